The minimum absolute atomic E-state index is 0. The van der Waals surface area contributed by atoms with Crippen LogP contribution in [0, 0.1) is 0 Å². The molecule has 3 heteroatoms. The van der Waals surface area contributed by atoms with E-state index in [1.807, 2.05) is 0 Å². The molecule has 2 nitrogen and oxygen atoms in total. The number of hydrogen-bond donors (Lipinski definition) is 1. The molecule has 0 aromatic carbocycles. The van der Waals surface area contributed by atoms with Crippen LogP contribution in [0.3, 0.4) is 0 Å². The molecule has 0 aliphatic rings. The number of nitrogens with one attached hydrogen (secondary N) is 1. The fourth-order valence-electron chi connectivity index (χ4n) is 0.102. The van der Waals surface area contributed by atoms with Crippen LogP contribution in [0.4, 0.5) is 0 Å². The predicted octanol–water partition coefficient (Wildman–Crippen LogP) is -2.61. The van der Waals surface area contributed by atoms with Crippen molar-refractivity contribution in [1.29, 1.82) is 0 Å². The van der Waals surface area contributed by atoms with Gasteiger partial charge in [0.2, 0.25) is 0 Å². The first-order valence-electron chi connectivity index (χ1n) is 1.76. The predicted molar refractivity (Wildman–Crippen MR) is 22.9 cm³/mol. The van der Waals surface area contributed by atoms with Crippen LogP contribution in [0.25, 0.3) is 5.73 Å². The van der Waals surface area contributed by atoms with Gasteiger partial charge in [-0.3, -0.25) is 0 Å². The van der Waals surface area contributed by atoms with Crippen molar-refractivity contribution in [2.75, 3.05) is 13.1 Å². The van der Waals surface area contributed by atoms with E-state index in [4.69, 9.17) is 11.5 Å². The molecule has 0 atom stereocenters. The van der Waals surface area contributed by atoms with Crippen LogP contribution < -0.4 is 24.6 Å². The topological polar surface area (TPSA) is 49.8 Å². The quantitative estimate of drug-likeness (QED) is 0.363. The van der Waals surface area contributed by atoms with E-state index in [1.165, 1.54) is 0 Å². The maximum atomic E-state index is 6.52. The molecular formula is C3H9LiN2. The Bertz CT molecular complexity index is 16.3. The summed E-state index contributed by atoms with van der Waals surface area (Å²) in [6.07, 6.45) is 0.833. The van der Waals surface area contributed by atoms with Crippen molar-refractivity contribution < 1.29 is 18.9 Å². The van der Waals surface area contributed by atoms with Crippen molar-refractivity contribution in [3.05, 3.63) is 5.73 Å². The molecule has 6 heavy (non-hydrogen) atoms. The summed E-state index contributed by atoms with van der Waals surface area (Å²) in [5.41, 5.74) is 11.5. The SMILES string of the molecule is [Li+].[NH-]CCCN. The Morgan fingerprint density at radius 3 is 2.00 bits per heavy atom. The molecule has 0 heterocycles. The van der Waals surface area contributed by atoms with E-state index >= 15 is 0 Å². The van der Waals surface area contributed by atoms with Gasteiger partial charge in [0, 0.05) is 0 Å². The third kappa shape index (κ3) is 8.82. The Morgan fingerprint density at radius 1 is 1.50 bits per heavy atom. The fraction of sp³-hybridized carbons (Fsp3) is 1.00. The minimum atomic E-state index is 0. The van der Waals surface area contributed by atoms with Gasteiger partial charge in [0.1, 0.15) is 0 Å². The molecule has 0 amide bonds. The second-order valence-electron chi connectivity index (χ2n) is 0.892. The minimum Gasteiger partial charge on any atom is -0.677 e. The average Bonchev–Trinajstić information content (AvgIpc) is 1.41. The standard InChI is InChI=1S/C3H9N2.Li/c4-2-1-3-5;/h4H,1-3,5H2;/q-1;+1. The van der Waals surface area contributed by atoms with Gasteiger partial charge in [-0.2, -0.15) is 0 Å². The van der Waals surface area contributed by atoms with Gasteiger partial charge in [-0.05, 0) is 6.54 Å². The first-order chi connectivity index (χ1) is 2.41. The van der Waals surface area contributed by atoms with E-state index in [1.54, 1.807) is 0 Å². The Morgan fingerprint density at radius 2 is 2.00 bits per heavy atom. The molecule has 0 radical (unpaired) electrons. The summed E-state index contributed by atoms with van der Waals surface area (Å²) in [6, 6.07) is 0. The van der Waals surface area contributed by atoms with Gasteiger partial charge in [-0.25, -0.2) is 0 Å². The van der Waals surface area contributed by atoms with E-state index in [2.05, 4.69) is 0 Å². The van der Waals surface area contributed by atoms with Gasteiger partial charge in [-0.1, -0.05) is 6.42 Å². The summed E-state index contributed by atoms with van der Waals surface area (Å²) in [5.74, 6) is 0. The van der Waals surface area contributed by atoms with Crippen LogP contribution in [-0.4, -0.2) is 13.1 Å². The molecule has 0 saturated carbocycles. The largest absolute Gasteiger partial charge is 1.00 e. The molecule has 32 valence electrons. The molecule has 0 bridgehead atoms. The van der Waals surface area contributed by atoms with Crippen molar-refractivity contribution in [2.45, 2.75) is 6.42 Å². The summed E-state index contributed by atoms with van der Waals surface area (Å²) >= 11 is 0. The van der Waals surface area contributed by atoms with Crippen molar-refractivity contribution in [3.63, 3.8) is 0 Å². The number of nitrogens with two attached hydrogens (primary N) is 1. The zero-order valence-corrected chi connectivity index (χ0v) is 4.20. The van der Waals surface area contributed by atoms with E-state index in [-0.39, 0.29) is 18.9 Å². The summed E-state index contributed by atoms with van der Waals surface area (Å²) in [4.78, 5) is 0. The molecule has 0 aromatic rings. The molecule has 0 saturated heterocycles. The molecule has 0 aromatic heterocycles. The van der Waals surface area contributed by atoms with Gasteiger partial charge < -0.3 is 11.5 Å². The summed E-state index contributed by atoms with van der Waals surface area (Å²) in [5, 5.41) is 0. The second-order valence-corrected chi connectivity index (χ2v) is 0.892. The van der Waals surface area contributed by atoms with E-state index in [9.17, 15) is 0 Å². The second kappa shape index (κ2) is 9.10. The zero-order valence-electron chi connectivity index (χ0n) is 4.20. The first-order valence-corrected chi connectivity index (χ1v) is 1.76. The molecular weight excluding hydrogens is 71.0 g/mol. The van der Waals surface area contributed by atoms with Crippen LogP contribution in [0.1, 0.15) is 6.42 Å². The van der Waals surface area contributed by atoms with Crippen LogP contribution in [-0.2, 0) is 0 Å². The molecule has 3 N–H and O–H groups in total. The first kappa shape index (κ1) is 9.72. The van der Waals surface area contributed by atoms with E-state index in [0.717, 1.165) is 6.42 Å². The number of rotatable bonds is 2. The maximum absolute atomic E-state index is 6.52. The Balaban J connectivity index is 0. The van der Waals surface area contributed by atoms with Gasteiger partial charge in [-0.15, -0.1) is 6.54 Å². The van der Waals surface area contributed by atoms with Crippen molar-refractivity contribution >= 4 is 0 Å². The molecule has 0 fully saturated rings. The fourth-order valence-corrected chi connectivity index (χ4v) is 0.102. The van der Waals surface area contributed by atoms with E-state index < -0.39 is 0 Å². The van der Waals surface area contributed by atoms with Crippen molar-refractivity contribution in [1.82, 2.24) is 0 Å². The van der Waals surface area contributed by atoms with Crippen LogP contribution in [0.2, 0.25) is 0 Å². The van der Waals surface area contributed by atoms with Crippen molar-refractivity contribution in [2.24, 2.45) is 5.73 Å². The third-order valence-electron chi connectivity index (χ3n) is 0.381. The average molecular weight is 80.1 g/mol. The normalized spacial score (nSPS) is 7.00. The molecule has 0 aliphatic heterocycles. The summed E-state index contributed by atoms with van der Waals surface area (Å²) in [6.45, 7) is 1.12. The smallest absolute Gasteiger partial charge is 0.677 e. The summed E-state index contributed by atoms with van der Waals surface area (Å²) < 4.78 is 0. The van der Waals surface area contributed by atoms with Crippen LogP contribution in [0.15, 0.2) is 0 Å². The zero-order chi connectivity index (χ0) is 4.12. The maximum Gasteiger partial charge on any atom is 1.00 e. The van der Waals surface area contributed by atoms with E-state index in [0.29, 0.717) is 13.1 Å². The van der Waals surface area contributed by atoms with Crippen molar-refractivity contribution in [3.8, 4) is 0 Å². The molecule has 0 rings (SSSR count). The Hall–Kier alpha value is 0.517. The number of hydrogen-bond acceptors (Lipinski definition) is 1. The van der Waals surface area contributed by atoms with Gasteiger partial charge in [0.25, 0.3) is 0 Å². The summed E-state index contributed by atoms with van der Waals surface area (Å²) in [7, 11) is 0. The van der Waals surface area contributed by atoms with Crippen LogP contribution in [0.5, 0.6) is 0 Å². The molecule has 0 aliphatic carbocycles. The molecule has 0 spiro atoms. The van der Waals surface area contributed by atoms with Gasteiger partial charge in [0.05, 0.1) is 0 Å². The Labute approximate surface area is 50.4 Å². The third-order valence-corrected chi connectivity index (χ3v) is 0.381. The monoisotopic (exact) mass is 80.1 g/mol. The Kier molecular flexibility index (Phi) is 14.7. The van der Waals surface area contributed by atoms with Crippen LogP contribution >= 0.6 is 0 Å². The van der Waals surface area contributed by atoms with Gasteiger partial charge in [0.15, 0.2) is 0 Å². The van der Waals surface area contributed by atoms with Gasteiger partial charge >= 0.3 is 18.9 Å². The molecule has 0 unspecified atom stereocenters.